The Kier molecular flexibility index (Phi) is 9.21. The summed E-state index contributed by atoms with van der Waals surface area (Å²) >= 11 is 0. The van der Waals surface area contributed by atoms with Gasteiger partial charge in [0.15, 0.2) is 0 Å². The maximum absolute atomic E-state index is 5.06. The summed E-state index contributed by atoms with van der Waals surface area (Å²) in [7, 11) is -0.807. The van der Waals surface area contributed by atoms with Gasteiger partial charge in [-0.1, -0.05) is 72.8 Å². The Morgan fingerprint density at radius 2 is 1.42 bits per heavy atom. The van der Waals surface area contributed by atoms with E-state index in [4.69, 9.17) is 4.99 Å². The highest BCUT2D eigenvalue weighted by atomic mass is 31.1. The fourth-order valence-corrected chi connectivity index (χ4v) is 5.80. The number of nitrogens with one attached hydrogen (secondary N) is 2. The minimum absolute atomic E-state index is 0.183. The number of hydrogen-bond acceptors (Lipinski definition) is 2. The Bertz CT molecular complexity index is 1020. The van der Waals surface area contributed by atoms with Crippen LogP contribution in [0.15, 0.2) is 94.9 Å². The van der Waals surface area contributed by atoms with Gasteiger partial charge in [0.05, 0.1) is 12.4 Å². The first-order valence-corrected chi connectivity index (χ1v) is 12.9. The van der Waals surface area contributed by atoms with E-state index in [0.717, 1.165) is 22.7 Å². The third kappa shape index (κ3) is 7.83. The lowest BCUT2D eigenvalue weighted by atomic mass is 10.2. The molecule has 3 aromatic rings. The number of benzene rings is 3. The molecule has 0 saturated carbocycles. The van der Waals surface area contributed by atoms with Gasteiger partial charge >= 0.3 is 0 Å². The van der Waals surface area contributed by atoms with Crippen molar-refractivity contribution >= 4 is 35.6 Å². The summed E-state index contributed by atoms with van der Waals surface area (Å²) in [6.45, 7) is 11.2. The fraction of sp³-hybridized carbons (Fsp3) is 0.286. The molecule has 0 aliphatic heterocycles. The van der Waals surface area contributed by atoms with Crippen molar-refractivity contribution in [3.63, 3.8) is 0 Å². The van der Waals surface area contributed by atoms with Crippen molar-refractivity contribution in [1.82, 2.24) is 5.32 Å². The summed E-state index contributed by atoms with van der Waals surface area (Å²) in [4.78, 5) is 9.74. The van der Waals surface area contributed by atoms with Crippen LogP contribution in [0.2, 0.25) is 0 Å². The van der Waals surface area contributed by atoms with Crippen LogP contribution in [0.3, 0.4) is 0 Å². The molecule has 3 rings (SSSR count). The van der Waals surface area contributed by atoms with Crippen LogP contribution < -0.4 is 21.2 Å². The van der Waals surface area contributed by atoms with Crippen LogP contribution >= 0.6 is 7.92 Å². The van der Waals surface area contributed by atoms with Crippen molar-refractivity contribution < 1.29 is 0 Å². The highest BCUT2D eigenvalue weighted by Gasteiger charge is 2.21. The third-order valence-electron chi connectivity index (χ3n) is 4.80. The lowest BCUT2D eigenvalue weighted by Crippen LogP contribution is -2.27. The number of nitrogens with zero attached hydrogens (tertiary/aromatic N) is 2. The van der Waals surface area contributed by atoms with Crippen molar-refractivity contribution in [3.8, 4) is 0 Å². The Morgan fingerprint density at radius 3 is 1.97 bits per heavy atom. The summed E-state index contributed by atoms with van der Waals surface area (Å²) in [6.07, 6.45) is 0. The quantitative estimate of drug-likeness (QED) is 0.250. The Morgan fingerprint density at radius 1 is 0.818 bits per heavy atom. The van der Waals surface area contributed by atoms with Gasteiger partial charge in [0.25, 0.3) is 0 Å². The predicted octanol–water partition coefficient (Wildman–Crippen LogP) is 5.91. The maximum atomic E-state index is 5.06. The third-order valence-corrected chi connectivity index (χ3v) is 7.08. The van der Waals surface area contributed by atoms with Crippen LogP contribution in [0.25, 0.3) is 0 Å². The summed E-state index contributed by atoms with van der Waals surface area (Å²) in [5.41, 5.74) is 3.21. The Balaban J connectivity index is 1.92. The lowest BCUT2D eigenvalue weighted by molar-refractivity contribution is 0.726. The molecule has 3 aromatic carbocycles. The van der Waals surface area contributed by atoms with Crippen molar-refractivity contribution in [1.29, 1.82) is 0 Å². The van der Waals surface area contributed by atoms with E-state index in [1.807, 2.05) is 6.92 Å². The van der Waals surface area contributed by atoms with Crippen molar-refractivity contribution in [2.24, 2.45) is 9.98 Å². The summed E-state index contributed by atoms with van der Waals surface area (Å²) in [5, 5.41) is 9.59. The number of rotatable bonds is 8. The van der Waals surface area contributed by atoms with Gasteiger partial charge in [0.2, 0.25) is 0 Å². The molecule has 4 nitrogen and oxygen atoms in total. The van der Waals surface area contributed by atoms with Crippen molar-refractivity contribution in [3.05, 3.63) is 90.5 Å². The topological polar surface area (TPSA) is 48.8 Å². The molecular formula is C28H35N4P. The second-order valence-electron chi connectivity index (χ2n) is 8.58. The van der Waals surface area contributed by atoms with E-state index in [1.54, 1.807) is 0 Å². The Hall–Kier alpha value is -2.97. The zero-order chi connectivity index (χ0) is 23.6. The van der Waals surface area contributed by atoms with Crippen molar-refractivity contribution in [2.75, 3.05) is 5.32 Å². The first-order valence-electron chi connectivity index (χ1n) is 11.5. The molecule has 0 heterocycles. The van der Waals surface area contributed by atoms with E-state index < -0.39 is 7.92 Å². The largest absolute Gasteiger partial charge is 0.372 e. The van der Waals surface area contributed by atoms with Gasteiger partial charge in [0, 0.05) is 25.7 Å². The molecule has 0 aliphatic rings. The molecule has 0 aliphatic carbocycles. The van der Waals surface area contributed by atoms with Crippen LogP contribution in [-0.2, 0) is 6.54 Å². The van der Waals surface area contributed by atoms with E-state index in [2.05, 4.69) is 128 Å². The minimum atomic E-state index is -0.807. The molecule has 0 atom stereocenters. The van der Waals surface area contributed by atoms with Gasteiger partial charge in [-0.15, -0.1) is 0 Å². The predicted molar refractivity (Wildman–Crippen MR) is 147 cm³/mol. The zero-order valence-corrected chi connectivity index (χ0v) is 21.2. The Labute approximate surface area is 200 Å². The molecule has 33 heavy (non-hydrogen) atoms. The molecule has 0 saturated heterocycles. The number of hydrogen-bond donors (Lipinski definition) is 2. The van der Waals surface area contributed by atoms with Crippen LogP contribution in [0.1, 0.15) is 40.2 Å². The van der Waals surface area contributed by atoms with Gasteiger partial charge in [-0.2, -0.15) is 0 Å². The number of amidine groups is 2. The average molecular weight is 459 g/mol. The molecule has 172 valence electrons. The average Bonchev–Trinajstić information content (AvgIpc) is 2.79. The van der Waals surface area contributed by atoms with E-state index in [0.29, 0.717) is 12.6 Å². The first kappa shape index (κ1) is 24.7. The normalized spacial score (nSPS) is 12.5. The molecule has 0 spiro atoms. The number of aliphatic imine (C=N–C) groups is 2. The maximum Gasteiger partial charge on any atom is 0.133 e. The first-order chi connectivity index (χ1) is 15.9. The summed E-state index contributed by atoms with van der Waals surface area (Å²) < 4.78 is 0. The molecule has 2 N–H and O–H groups in total. The second-order valence-corrected chi connectivity index (χ2v) is 10.7. The molecule has 0 fully saturated rings. The molecular weight excluding hydrogens is 423 g/mol. The molecule has 5 heteroatoms. The molecule has 0 aromatic heterocycles. The van der Waals surface area contributed by atoms with E-state index in [-0.39, 0.29) is 6.04 Å². The van der Waals surface area contributed by atoms with Gasteiger partial charge in [-0.3, -0.25) is 9.98 Å². The second kappa shape index (κ2) is 12.3. The van der Waals surface area contributed by atoms with Crippen molar-refractivity contribution in [2.45, 2.75) is 53.2 Å². The van der Waals surface area contributed by atoms with Gasteiger partial charge < -0.3 is 10.6 Å². The van der Waals surface area contributed by atoms with Crippen LogP contribution in [0.5, 0.6) is 0 Å². The fourth-order valence-electron chi connectivity index (χ4n) is 3.49. The SMILES string of the molecule is CC(=NCc1cccc(NC(=NC(C)C)P(c2ccccc2)c2ccccc2)c1)NC(C)C. The summed E-state index contributed by atoms with van der Waals surface area (Å²) in [5.74, 6) is 0.960. The van der Waals surface area contributed by atoms with E-state index in [9.17, 15) is 0 Å². The molecule has 0 radical (unpaired) electrons. The molecule has 0 amide bonds. The van der Waals surface area contributed by atoms with Crippen LogP contribution in [0, 0.1) is 0 Å². The van der Waals surface area contributed by atoms with Gasteiger partial charge in [-0.05, 0) is 62.9 Å². The van der Waals surface area contributed by atoms with Gasteiger partial charge in [0.1, 0.15) is 5.58 Å². The highest BCUT2D eigenvalue weighted by Crippen LogP contribution is 2.36. The smallest absolute Gasteiger partial charge is 0.133 e. The minimum Gasteiger partial charge on any atom is -0.372 e. The summed E-state index contributed by atoms with van der Waals surface area (Å²) in [6, 6.07) is 30.4. The molecule has 0 bridgehead atoms. The van der Waals surface area contributed by atoms with Crippen LogP contribution in [0.4, 0.5) is 5.69 Å². The standard InChI is InChI=1S/C28H35N4P/c1-21(2)30-23(5)29-20-24-13-12-14-25(19-24)32-28(31-22(3)4)33(26-15-8-6-9-16-26)27-17-10-7-11-18-27/h6-19,21-22H,20H2,1-5H3,(H,29,30)(H,31,32). The highest BCUT2D eigenvalue weighted by molar-refractivity contribution is 7.88. The monoisotopic (exact) mass is 458 g/mol. The van der Waals surface area contributed by atoms with Crippen LogP contribution in [-0.4, -0.2) is 23.5 Å². The lowest BCUT2D eigenvalue weighted by Gasteiger charge is -2.23. The number of anilines is 1. The van der Waals surface area contributed by atoms with E-state index >= 15 is 0 Å². The van der Waals surface area contributed by atoms with Gasteiger partial charge in [-0.25, -0.2) is 0 Å². The zero-order valence-electron chi connectivity index (χ0n) is 20.3. The van der Waals surface area contributed by atoms with E-state index in [1.165, 1.54) is 10.6 Å². The molecule has 0 unspecified atom stereocenters.